The highest BCUT2D eigenvalue weighted by Gasteiger charge is 2.22. The molecule has 0 radical (unpaired) electrons. The minimum absolute atomic E-state index is 0.298. The summed E-state index contributed by atoms with van der Waals surface area (Å²) in [7, 11) is -2.76. The van der Waals surface area contributed by atoms with Crippen LogP contribution < -0.4 is 5.32 Å². The molecule has 1 aliphatic heterocycles. The first-order valence-electron chi connectivity index (χ1n) is 5.35. The molecule has 0 saturated carbocycles. The summed E-state index contributed by atoms with van der Waals surface area (Å²) in [6.45, 7) is 0.754. The second-order valence-electron chi connectivity index (χ2n) is 3.98. The van der Waals surface area contributed by atoms with Crippen molar-refractivity contribution in [1.82, 2.24) is 15.5 Å². The number of hydrogen-bond acceptors (Lipinski definition) is 6. The maximum atomic E-state index is 11.2. The predicted molar refractivity (Wildman–Crippen MR) is 57.7 cm³/mol. The van der Waals surface area contributed by atoms with Gasteiger partial charge in [0.2, 0.25) is 6.39 Å². The highest BCUT2D eigenvalue weighted by molar-refractivity contribution is 7.91. The van der Waals surface area contributed by atoms with Gasteiger partial charge in [-0.3, -0.25) is 0 Å². The molecule has 90 valence electrons. The van der Waals surface area contributed by atoms with Crippen molar-refractivity contribution >= 4 is 9.84 Å². The summed E-state index contributed by atoms with van der Waals surface area (Å²) in [5.74, 6) is 1.27. The van der Waals surface area contributed by atoms with Crippen molar-refractivity contribution in [1.29, 1.82) is 0 Å². The van der Waals surface area contributed by atoms with E-state index in [0.29, 0.717) is 42.6 Å². The minimum Gasteiger partial charge on any atom is -0.343 e. The van der Waals surface area contributed by atoms with Crippen LogP contribution in [0.5, 0.6) is 0 Å². The summed E-state index contributed by atoms with van der Waals surface area (Å²) < 4.78 is 27.0. The first-order chi connectivity index (χ1) is 7.66. The number of nitrogens with zero attached hydrogens (tertiary/aromatic N) is 2. The molecule has 0 amide bonds. The lowest BCUT2D eigenvalue weighted by Crippen LogP contribution is -2.38. The molecule has 16 heavy (non-hydrogen) atoms. The van der Waals surface area contributed by atoms with E-state index in [1.165, 1.54) is 6.39 Å². The lowest BCUT2D eigenvalue weighted by molar-refractivity contribution is 0.406. The summed E-state index contributed by atoms with van der Waals surface area (Å²) in [4.78, 5) is 3.91. The molecule has 1 aromatic heterocycles. The fourth-order valence-electron chi connectivity index (χ4n) is 1.78. The Labute approximate surface area is 94.3 Å². The average Bonchev–Trinajstić information content (AvgIpc) is 2.73. The van der Waals surface area contributed by atoms with Crippen molar-refractivity contribution in [3.8, 4) is 0 Å². The maximum Gasteiger partial charge on any atom is 0.213 e. The normalized spacial score (nSPS) is 21.0. The Hall–Kier alpha value is -0.950. The fraction of sp³-hybridized carbons (Fsp3) is 0.778. The van der Waals surface area contributed by atoms with E-state index in [1.54, 1.807) is 0 Å². The van der Waals surface area contributed by atoms with Crippen LogP contribution in [-0.2, 0) is 16.3 Å². The maximum absolute atomic E-state index is 11.2. The van der Waals surface area contributed by atoms with Crippen LogP contribution in [0, 0.1) is 0 Å². The lowest BCUT2D eigenvalue weighted by atomic mass is 10.1. The molecule has 1 N–H and O–H groups in total. The summed E-state index contributed by atoms with van der Waals surface area (Å²) in [6, 6.07) is 0.301. The molecule has 0 spiro atoms. The fourth-order valence-corrected chi connectivity index (χ4v) is 3.28. The van der Waals surface area contributed by atoms with Gasteiger partial charge in [-0.2, -0.15) is 4.98 Å². The molecule has 1 aromatic rings. The molecule has 6 nitrogen and oxygen atoms in total. The number of nitrogens with one attached hydrogen (secondary N) is 1. The highest BCUT2D eigenvalue weighted by Crippen LogP contribution is 2.11. The second kappa shape index (κ2) is 4.92. The zero-order valence-corrected chi connectivity index (χ0v) is 9.74. The third-order valence-corrected chi connectivity index (χ3v) is 4.46. The van der Waals surface area contributed by atoms with Crippen molar-refractivity contribution in [2.75, 3.05) is 18.1 Å². The molecular formula is C9H15N3O3S. The standard InChI is InChI=1S/C9H15N3O3S/c13-16(14)5-2-8(3-6-16)10-4-1-9-11-7-15-12-9/h7-8,10H,1-6H2. The van der Waals surface area contributed by atoms with Gasteiger partial charge in [-0.1, -0.05) is 5.16 Å². The topological polar surface area (TPSA) is 85.1 Å². The molecule has 0 aromatic carbocycles. The smallest absolute Gasteiger partial charge is 0.213 e. The molecule has 7 heteroatoms. The van der Waals surface area contributed by atoms with Crippen LogP contribution in [0.1, 0.15) is 18.7 Å². The largest absolute Gasteiger partial charge is 0.343 e. The van der Waals surface area contributed by atoms with E-state index in [2.05, 4.69) is 20.0 Å². The van der Waals surface area contributed by atoms with Gasteiger partial charge in [0.05, 0.1) is 11.5 Å². The quantitative estimate of drug-likeness (QED) is 0.789. The highest BCUT2D eigenvalue weighted by atomic mass is 32.2. The molecule has 2 heterocycles. The van der Waals surface area contributed by atoms with Gasteiger partial charge in [0.25, 0.3) is 0 Å². The van der Waals surface area contributed by atoms with Crippen molar-refractivity contribution in [2.24, 2.45) is 0 Å². The molecule has 0 unspecified atom stereocenters. The van der Waals surface area contributed by atoms with Crippen molar-refractivity contribution in [3.05, 3.63) is 12.2 Å². The summed E-state index contributed by atoms with van der Waals surface area (Å²) in [5, 5.41) is 7.01. The number of hydrogen-bond donors (Lipinski definition) is 1. The van der Waals surface area contributed by atoms with Gasteiger partial charge in [0, 0.05) is 19.0 Å². The second-order valence-corrected chi connectivity index (χ2v) is 6.28. The Balaban J connectivity index is 1.68. The van der Waals surface area contributed by atoms with E-state index in [0.717, 1.165) is 6.54 Å². The van der Waals surface area contributed by atoms with Gasteiger partial charge >= 0.3 is 0 Å². The van der Waals surface area contributed by atoms with E-state index < -0.39 is 9.84 Å². The third-order valence-electron chi connectivity index (χ3n) is 2.74. The molecule has 1 aliphatic rings. The van der Waals surface area contributed by atoms with Crippen LogP contribution in [-0.4, -0.2) is 42.7 Å². The molecule has 0 atom stereocenters. The molecule has 0 aliphatic carbocycles. The van der Waals surface area contributed by atoms with Crippen LogP contribution in [0.4, 0.5) is 0 Å². The first kappa shape index (κ1) is 11.5. The third kappa shape index (κ3) is 3.28. The van der Waals surface area contributed by atoms with Crippen molar-refractivity contribution in [2.45, 2.75) is 25.3 Å². The van der Waals surface area contributed by atoms with E-state index in [-0.39, 0.29) is 0 Å². The summed E-state index contributed by atoms with van der Waals surface area (Å²) in [6.07, 6.45) is 3.42. The van der Waals surface area contributed by atoms with Crippen LogP contribution in [0.25, 0.3) is 0 Å². The summed E-state index contributed by atoms with van der Waals surface area (Å²) >= 11 is 0. The van der Waals surface area contributed by atoms with Gasteiger partial charge in [-0.15, -0.1) is 0 Å². The zero-order chi connectivity index (χ0) is 11.4. The zero-order valence-electron chi connectivity index (χ0n) is 8.92. The Kier molecular flexibility index (Phi) is 3.55. The van der Waals surface area contributed by atoms with E-state index in [1.807, 2.05) is 0 Å². The van der Waals surface area contributed by atoms with Gasteiger partial charge in [-0.25, -0.2) is 8.42 Å². The predicted octanol–water partition coefficient (Wildman–Crippen LogP) is -0.221. The van der Waals surface area contributed by atoms with Gasteiger partial charge in [0.15, 0.2) is 5.82 Å². The Bertz CT molecular complexity index is 401. The molecule has 1 saturated heterocycles. The van der Waals surface area contributed by atoms with E-state index >= 15 is 0 Å². The van der Waals surface area contributed by atoms with Crippen LogP contribution in [0.2, 0.25) is 0 Å². The van der Waals surface area contributed by atoms with Gasteiger partial charge in [0.1, 0.15) is 9.84 Å². The minimum atomic E-state index is -2.76. The van der Waals surface area contributed by atoms with Crippen molar-refractivity contribution in [3.63, 3.8) is 0 Å². The van der Waals surface area contributed by atoms with E-state index in [9.17, 15) is 8.42 Å². The van der Waals surface area contributed by atoms with E-state index in [4.69, 9.17) is 0 Å². The summed E-state index contributed by atoms with van der Waals surface area (Å²) in [5.41, 5.74) is 0. The van der Waals surface area contributed by atoms with Gasteiger partial charge in [-0.05, 0) is 12.8 Å². The van der Waals surface area contributed by atoms with Crippen LogP contribution >= 0.6 is 0 Å². The number of sulfone groups is 1. The SMILES string of the molecule is O=S1(=O)CCC(NCCc2ncon2)CC1. The molecule has 0 bridgehead atoms. The van der Waals surface area contributed by atoms with Crippen LogP contribution in [0.3, 0.4) is 0 Å². The monoisotopic (exact) mass is 245 g/mol. The Morgan fingerprint density at radius 3 is 2.81 bits per heavy atom. The lowest BCUT2D eigenvalue weighted by Gasteiger charge is -2.22. The molecule has 1 fully saturated rings. The molecule has 2 rings (SSSR count). The average molecular weight is 245 g/mol. The number of aromatic nitrogens is 2. The van der Waals surface area contributed by atoms with Gasteiger partial charge < -0.3 is 9.84 Å². The Morgan fingerprint density at radius 1 is 1.44 bits per heavy atom. The number of rotatable bonds is 4. The molecular weight excluding hydrogens is 230 g/mol. The first-order valence-corrected chi connectivity index (χ1v) is 7.17. The van der Waals surface area contributed by atoms with Crippen LogP contribution in [0.15, 0.2) is 10.9 Å². The van der Waals surface area contributed by atoms with Crippen molar-refractivity contribution < 1.29 is 12.9 Å². The Morgan fingerprint density at radius 2 is 2.19 bits per heavy atom.